The number of nitrogens with zero attached hydrogens (tertiary/aromatic N) is 3. The number of hydrogen-bond donors (Lipinski definition) is 1. The van der Waals surface area contributed by atoms with Crippen LogP contribution in [0.5, 0.6) is 0 Å². The van der Waals surface area contributed by atoms with Crippen LogP contribution in [-0.2, 0) is 24.2 Å². The molecule has 0 aromatic carbocycles. The molecule has 4 rings (SSSR count). The SMILES string of the molecule is C[C@H]1CCc2c(sc3ncn(CC(=O)NC4(C#N)CCCCC4)c(=O)c23)C1. The molecule has 0 unspecified atom stereocenters. The van der Waals surface area contributed by atoms with E-state index in [1.165, 1.54) is 15.8 Å². The number of aromatic nitrogens is 2. The number of nitriles is 1. The van der Waals surface area contributed by atoms with Crippen LogP contribution in [0.15, 0.2) is 11.1 Å². The van der Waals surface area contributed by atoms with E-state index in [2.05, 4.69) is 23.3 Å². The van der Waals surface area contributed by atoms with Crippen molar-refractivity contribution < 1.29 is 4.79 Å². The Balaban J connectivity index is 1.59. The fourth-order valence-electron chi connectivity index (χ4n) is 4.36. The molecule has 2 aromatic heterocycles. The van der Waals surface area contributed by atoms with Crippen molar-refractivity contribution in [3.8, 4) is 6.07 Å². The van der Waals surface area contributed by atoms with Gasteiger partial charge in [-0.1, -0.05) is 26.2 Å². The maximum absolute atomic E-state index is 13.0. The summed E-state index contributed by atoms with van der Waals surface area (Å²) in [7, 11) is 0. The quantitative estimate of drug-likeness (QED) is 0.881. The zero-order valence-electron chi connectivity index (χ0n) is 15.6. The Labute approximate surface area is 162 Å². The molecular weight excluding hydrogens is 360 g/mol. The molecule has 142 valence electrons. The third-order valence-electron chi connectivity index (χ3n) is 5.90. The number of nitrogens with one attached hydrogen (secondary N) is 1. The van der Waals surface area contributed by atoms with Crippen LogP contribution >= 0.6 is 11.3 Å². The predicted octanol–water partition coefficient (Wildman–Crippen LogP) is 2.93. The molecule has 1 atom stereocenters. The highest BCUT2D eigenvalue weighted by atomic mass is 32.1. The molecule has 6 nitrogen and oxygen atoms in total. The van der Waals surface area contributed by atoms with Gasteiger partial charge in [0.15, 0.2) is 0 Å². The Morgan fingerprint density at radius 1 is 1.44 bits per heavy atom. The summed E-state index contributed by atoms with van der Waals surface area (Å²) in [4.78, 5) is 32.0. The lowest BCUT2D eigenvalue weighted by molar-refractivity contribution is -0.123. The maximum atomic E-state index is 13.0. The van der Waals surface area contributed by atoms with Crippen molar-refractivity contribution in [1.82, 2.24) is 14.9 Å². The molecule has 0 bridgehead atoms. The average molecular weight is 385 g/mol. The van der Waals surface area contributed by atoms with Gasteiger partial charge in [0.1, 0.15) is 16.9 Å². The van der Waals surface area contributed by atoms with Gasteiger partial charge in [0, 0.05) is 4.88 Å². The molecule has 2 aliphatic carbocycles. The largest absolute Gasteiger partial charge is 0.336 e. The van der Waals surface area contributed by atoms with E-state index in [0.29, 0.717) is 24.1 Å². The smallest absolute Gasteiger partial charge is 0.262 e. The van der Waals surface area contributed by atoms with E-state index in [-0.39, 0.29) is 18.0 Å². The molecule has 27 heavy (non-hydrogen) atoms. The fraction of sp³-hybridized carbons (Fsp3) is 0.600. The molecule has 0 aliphatic heterocycles. The lowest BCUT2D eigenvalue weighted by Gasteiger charge is -2.31. The number of aryl methyl sites for hydroxylation is 1. The van der Waals surface area contributed by atoms with Gasteiger partial charge in [-0.05, 0) is 43.6 Å². The molecule has 0 saturated heterocycles. The molecule has 1 fully saturated rings. The van der Waals surface area contributed by atoms with Crippen LogP contribution in [0.4, 0.5) is 0 Å². The molecule has 1 saturated carbocycles. The summed E-state index contributed by atoms with van der Waals surface area (Å²) in [5.74, 6) is 0.343. The van der Waals surface area contributed by atoms with Crippen LogP contribution in [0.1, 0.15) is 55.9 Å². The van der Waals surface area contributed by atoms with Gasteiger partial charge in [-0.15, -0.1) is 11.3 Å². The highest BCUT2D eigenvalue weighted by Gasteiger charge is 2.33. The Morgan fingerprint density at radius 3 is 2.96 bits per heavy atom. The van der Waals surface area contributed by atoms with Gasteiger partial charge in [0.25, 0.3) is 5.56 Å². The predicted molar refractivity (Wildman–Crippen MR) is 105 cm³/mol. The first-order chi connectivity index (χ1) is 13.0. The van der Waals surface area contributed by atoms with Gasteiger partial charge in [-0.3, -0.25) is 14.2 Å². The summed E-state index contributed by atoms with van der Waals surface area (Å²) < 4.78 is 1.39. The van der Waals surface area contributed by atoms with Crippen LogP contribution in [0.25, 0.3) is 10.2 Å². The summed E-state index contributed by atoms with van der Waals surface area (Å²) in [6, 6.07) is 2.29. The van der Waals surface area contributed by atoms with Crippen molar-refractivity contribution in [3.05, 3.63) is 27.1 Å². The third kappa shape index (κ3) is 3.39. The van der Waals surface area contributed by atoms with Crippen LogP contribution in [0.3, 0.4) is 0 Å². The molecule has 2 heterocycles. The van der Waals surface area contributed by atoms with Crippen molar-refractivity contribution in [2.75, 3.05) is 0 Å². The van der Waals surface area contributed by atoms with Crippen LogP contribution in [-0.4, -0.2) is 21.0 Å². The number of carbonyl (C=O) groups is 1. The Bertz CT molecular complexity index is 978. The van der Waals surface area contributed by atoms with E-state index < -0.39 is 5.54 Å². The number of hydrogen-bond acceptors (Lipinski definition) is 5. The van der Waals surface area contributed by atoms with E-state index in [4.69, 9.17) is 0 Å². The van der Waals surface area contributed by atoms with E-state index in [1.807, 2.05) is 0 Å². The number of amides is 1. The van der Waals surface area contributed by atoms with Gasteiger partial charge >= 0.3 is 0 Å². The molecule has 1 N–H and O–H groups in total. The average Bonchev–Trinajstić information content (AvgIpc) is 3.03. The lowest BCUT2D eigenvalue weighted by atomic mass is 9.83. The second-order valence-corrected chi connectivity index (χ2v) is 9.10. The fourth-order valence-corrected chi connectivity index (χ4v) is 5.70. The lowest BCUT2D eigenvalue weighted by Crippen LogP contribution is -2.50. The van der Waals surface area contributed by atoms with Gasteiger partial charge < -0.3 is 5.32 Å². The van der Waals surface area contributed by atoms with E-state index in [1.54, 1.807) is 11.3 Å². The van der Waals surface area contributed by atoms with Gasteiger partial charge in [0.2, 0.25) is 5.91 Å². The highest BCUT2D eigenvalue weighted by Crippen LogP contribution is 2.35. The topological polar surface area (TPSA) is 87.8 Å². The minimum absolute atomic E-state index is 0.0910. The van der Waals surface area contributed by atoms with Gasteiger partial charge in [-0.25, -0.2) is 4.98 Å². The Kier molecular flexibility index (Phi) is 4.77. The standard InChI is InChI=1S/C20H24N4O2S/c1-13-5-6-14-15(9-13)27-18-17(14)19(26)24(12-22-18)10-16(25)23-20(11-21)7-3-2-4-8-20/h12-13H,2-10H2,1H3,(H,23,25)/t13-/m0/s1. The zero-order chi connectivity index (χ0) is 19.0. The highest BCUT2D eigenvalue weighted by molar-refractivity contribution is 7.18. The van der Waals surface area contributed by atoms with Crippen LogP contribution in [0.2, 0.25) is 0 Å². The number of thiophene rings is 1. The van der Waals surface area contributed by atoms with E-state index in [9.17, 15) is 14.9 Å². The van der Waals surface area contributed by atoms with E-state index in [0.717, 1.165) is 48.9 Å². The summed E-state index contributed by atoms with van der Waals surface area (Å²) >= 11 is 1.61. The second-order valence-electron chi connectivity index (χ2n) is 8.01. The van der Waals surface area contributed by atoms with Crippen molar-refractivity contribution in [2.45, 2.75) is 70.4 Å². The summed E-state index contributed by atoms with van der Waals surface area (Å²) in [6.45, 7) is 2.14. The van der Waals surface area contributed by atoms with Crippen molar-refractivity contribution >= 4 is 27.5 Å². The van der Waals surface area contributed by atoms with E-state index >= 15 is 0 Å². The monoisotopic (exact) mass is 384 g/mol. The van der Waals surface area contributed by atoms with Gasteiger partial charge in [-0.2, -0.15) is 5.26 Å². The van der Waals surface area contributed by atoms with Crippen LogP contribution in [0, 0.1) is 17.2 Å². The summed E-state index contributed by atoms with van der Waals surface area (Å²) in [5, 5.41) is 13.1. The van der Waals surface area contributed by atoms with Crippen molar-refractivity contribution in [2.24, 2.45) is 5.92 Å². The van der Waals surface area contributed by atoms with Gasteiger partial charge in [0.05, 0.1) is 17.8 Å². The third-order valence-corrected chi connectivity index (χ3v) is 7.06. The first-order valence-corrected chi connectivity index (χ1v) is 10.5. The number of rotatable bonds is 3. The molecule has 7 heteroatoms. The molecule has 2 aliphatic rings. The molecule has 2 aromatic rings. The zero-order valence-corrected chi connectivity index (χ0v) is 16.4. The summed E-state index contributed by atoms with van der Waals surface area (Å²) in [5.41, 5.74) is 0.201. The maximum Gasteiger partial charge on any atom is 0.262 e. The van der Waals surface area contributed by atoms with Crippen molar-refractivity contribution in [3.63, 3.8) is 0 Å². The van der Waals surface area contributed by atoms with Crippen LogP contribution < -0.4 is 10.9 Å². The first kappa shape index (κ1) is 18.2. The molecule has 1 amide bonds. The first-order valence-electron chi connectivity index (χ1n) is 9.73. The second kappa shape index (κ2) is 7.08. The Hall–Kier alpha value is -2.20. The number of carbonyl (C=O) groups excluding carboxylic acids is 1. The minimum Gasteiger partial charge on any atom is -0.336 e. The van der Waals surface area contributed by atoms with Crippen molar-refractivity contribution in [1.29, 1.82) is 5.26 Å². The molecule has 0 radical (unpaired) electrons. The summed E-state index contributed by atoms with van der Waals surface area (Å²) in [6.07, 6.45) is 8.80. The Morgan fingerprint density at radius 2 is 2.22 bits per heavy atom. The number of fused-ring (bicyclic) bond motifs is 3. The molecular formula is C20H24N4O2S. The molecule has 0 spiro atoms. The minimum atomic E-state index is -0.784. The normalized spacial score (nSPS) is 21.4.